The zero-order valence-corrected chi connectivity index (χ0v) is 15.7. The molecule has 0 aromatic heterocycles. The lowest BCUT2D eigenvalue weighted by atomic mass is 9.87. The highest BCUT2D eigenvalue weighted by molar-refractivity contribution is 5.94. The molecule has 0 saturated heterocycles. The first-order valence-electron chi connectivity index (χ1n) is 8.61. The number of carbonyl (C=O) groups excluding carboxylic acids is 2. The van der Waals surface area contributed by atoms with Crippen LogP contribution in [0.2, 0.25) is 0 Å². The van der Waals surface area contributed by atoms with E-state index in [0.717, 1.165) is 5.69 Å². The Hall–Kier alpha value is -2.69. The fourth-order valence-electron chi connectivity index (χ4n) is 2.59. The van der Waals surface area contributed by atoms with E-state index in [1.54, 1.807) is 4.90 Å². The van der Waals surface area contributed by atoms with Crippen molar-refractivity contribution >= 4 is 17.5 Å². The molecule has 2 aromatic carbocycles. The lowest BCUT2D eigenvalue weighted by Crippen LogP contribution is -2.37. The van der Waals surface area contributed by atoms with E-state index in [1.807, 2.05) is 24.3 Å². The van der Waals surface area contributed by atoms with Crippen LogP contribution in [-0.2, 0) is 10.2 Å². The second-order valence-corrected chi connectivity index (χ2v) is 7.23. The van der Waals surface area contributed by atoms with Crippen LogP contribution >= 0.6 is 0 Å². The molecule has 0 fully saturated rings. The van der Waals surface area contributed by atoms with E-state index in [-0.39, 0.29) is 23.0 Å². The molecular formula is C21H25FN2O2. The van der Waals surface area contributed by atoms with E-state index in [2.05, 4.69) is 26.1 Å². The van der Waals surface area contributed by atoms with Crippen molar-refractivity contribution in [3.63, 3.8) is 0 Å². The third-order valence-electron chi connectivity index (χ3n) is 4.15. The van der Waals surface area contributed by atoms with Crippen LogP contribution in [0.3, 0.4) is 0 Å². The van der Waals surface area contributed by atoms with Gasteiger partial charge in [0.2, 0.25) is 5.91 Å². The molecule has 5 heteroatoms. The van der Waals surface area contributed by atoms with Gasteiger partial charge in [-0.25, -0.2) is 4.39 Å². The minimum atomic E-state index is -0.386. The maximum Gasteiger partial charge on any atom is 0.251 e. The predicted molar refractivity (Wildman–Crippen MR) is 102 cm³/mol. The van der Waals surface area contributed by atoms with E-state index in [1.165, 1.54) is 36.8 Å². The molecule has 1 N–H and O–H groups in total. The van der Waals surface area contributed by atoms with Crippen LogP contribution in [0.25, 0.3) is 0 Å². The van der Waals surface area contributed by atoms with Gasteiger partial charge < -0.3 is 10.2 Å². The smallest absolute Gasteiger partial charge is 0.251 e. The molecule has 0 aliphatic rings. The zero-order valence-electron chi connectivity index (χ0n) is 15.7. The highest BCUT2D eigenvalue weighted by Crippen LogP contribution is 2.25. The van der Waals surface area contributed by atoms with Crippen molar-refractivity contribution in [1.29, 1.82) is 0 Å². The summed E-state index contributed by atoms with van der Waals surface area (Å²) in [6.07, 6.45) is 0. The Morgan fingerprint density at radius 1 is 1.00 bits per heavy atom. The SMILES string of the molecule is CC(=O)N(CCNC(=O)c1ccc(F)cc1)c1ccc(C(C)(C)C)cc1. The number of benzene rings is 2. The number of nitrogens with one attached hydrogen (secondary N) is 1. The molecule has 0 saturated carbocycles. The molecule has 0 bridgehead atoms. The third kappa shape index (κ3) is 5.15. The Morgan fingerprint density at radius 3 is 2.08 bits per heavy atom. The number of carbonyl (C=O) groups is 2. The minimum absolute atomic E-state index is 0.0444. The quantitative estimate of drug-likeness (QED) is 0.883. The first-order valence-corrected chi connectivity index (χ1v) is 8.61. The van der Waals surface area contributed by atoms with Crippen LogP contribution in [-0.4, -0.2) is 24.9 Å². The van der Waals surface area contributed by atoms with E-state index in [9.17, 15) is 14.0 Å². The summed E-state index contributed by atoms with van der Waals surface area (Å²) in [5.74, 6) is -0.774. The number of anilines is 1. The van der Waals surface area contributed by atoms with Gasteiger partial charge in [0.05, 0.1) is 0 Å². The van der Waals surface area contributed by atoms with Gasteiger partial charge in [-0.2, -0.15) is 0 Å². The Balaban J connectivity index is 1.99. The molecule has 0 atom stereocenters. The van der Waals surface area contributed by atoms with Crippen molar-refractivity contribution in [3.05, 3.63) is 65.5 Å². The zero-order chi connectivity index (χ0) is 19.3. The lowest BCUT2D eigenvalue weighted by Gasteiger charge is -2.24. The summed E-state index contributed by atoms with van der Waals surface area (Å²) < 4.78 is 12.9. The Labute approximate surface area is 154 Å². The van der Waals surface area contributed by atoms with E-state index < -0.39 is 0 Å². The summed E-state index contributed by atoms with van der Waals surface area (Å²) in [6.45, 7) is 8.56. The molecule has 2 aromatic rings. The number of hydrogen-bond acceptors (Lipinski definition) is 2. The van der Waals surface area contributed by atoms with Crippen molar-refractivity contribution in [1.82, 2.24) is 5.32 Å². The molecule has 138 valence electrons. The second-order valence-electron chi connectivity index (χ2n) is 7.23. The highest BCUT2D eigenvalue weighted by Gasteiger charge is 2.16. The number of hydrogen-bond donors (Lipinski definition) is 1. The van der Waals surface area contributed by atoms with Crippen LogP contribution in [0.1, 0.15) is 43.6 Å². The summed E-state index contributed by atoms with van der Waals surface area (Å²) in [5, 5.41) is 2.75. The van der Waals surface area contributed by atoms with E-state index in [4.69, 9.17) is 0 Å². The summed E-state index contributed by atoms with van der Waals surface area (Å²) in [7, 11) is 0. The number of rotatable bonds is 5. The van der Waals surface area contributed by atoms with Gasteiger partial charge in [0, 0.05) is 31.3 Å². The number of nitrogens with zero attached hydrogens (tertiary/aromatic N) is 1. The maximum atomic E-state index is 12.9. The normalized spacial score (nSPS) is 11.1. The van der Waals surface area contributed by atoms with Crippen LogP contribution in [0.15, 0.2) is 48.5 Å². The van der Waals surface area contributed by atoms with Crippen LogP contribution in [0, 0.1) is 5.82 Å². The third-order valence-corrected chi connectivity index (χ3v) is 4.15. The predicted octanol–water partition coefficient (Wildman–Crippen LogP) is 3.91. The van der Waals surface area contributed by atoms with Gasteiger partial charge >= 0.3 is 0 Å². The number of halogens is 1. The molecule has 0 spiro atoms. The van der Waals surface area contributed by atoms with Crippen molar-refractivity contribution in [2.24, 2.45) is 0 Å². The lowest BCUT2D eigenvalue weighted by molar-refractivity contribution is -0.116. The fourth-order valence-corrected chi connectivity index (χ4v) is 2.59. The summed E-state index contributed by atoms with van der Waals surface area (Å²) >= 11 is 0. The van der Waals surface area contributed by atoms with Crippen LogP contribution in [0.4, 0.5) is 10.1 Å². The Kier molecular flexibility index (Phi) is 6.14. The first kappa shape index (κ1) is 19.6. The van der Waals surface area contributed by atoms with Crippen molar-refractivity contribution in [3.8, 4) is 0 Å². The van der Waals surface area contributed by atoms with Crippen molar-refractivity contribution in [2.45, 2.75) is 33.1 Å². The minimum Gasteiger partial charge on any atom is -0.350 e. The molecule has 2 amide bonds. The first-order chi connectivity index (χ1) is 12.2. The molecule has 2 rings (SSSR count). The van der Waals surface area contributed by atoms with Gasteiger partial charge in [0.15, 0.2) is 0 Å². The van der Waals surface area contributed by atoms with Crippen molar-refractivity contribution < 1.29 is 14.0 Å². The molecule has 0 heterocycles. The van der Waals surface area contributed by atoms with Gasteiger partial charge in [0.25, 0.3) is 5.91 Å². The molecule has 4 nitrogen and oxygen atoms in total. The average Bonchev–Trinajstić information content (AvgIpc) is 2.58. The average molecular weight is 356 g/mol. The monoisotopic (exact) mass is 356 g/mol. The molecule has 0 unspecified atom stereocenters. The molecule has 0 radical (unpaired) electrons. The summed E-state index contributed by atoms with van der Waals surface area (Å²) in [5.41, 5.74) is 2.41. The van der Waals surface area contributed by atoms with E-state index >= 15 is 0 Å². The van der Waals surface area contributed by atoms with Crippen LogP contribution < -0.4 is 10.2 Å². The van der Waals surface area contributed by atoms with E-state index in [0.29, 0.717) is 18.7 Å². The molecule has 0 aliphatic heterocycles. The van der Waals surface area contributed by atoms with Crippen LogP contribution in [0.5, 0.6) is 0 Å². The molecule has 0 aliphatic carbocycles. The molecular weight excluding hydrogens is 331 g/mol. The fraction of sp³-hybridized carbons (Fsp3) is 0.333. The summed E-state index contributed by atoms with van der Waals surface area (Å²) in [6, 6.07) is 13.2. The Morgan fingerprint density at radius 2 is 1.58 bits per heavy atom. The van der Waals surface area contributed by atoms with Gasteiger partial charge in [-0.05, 0) is 47.4 Å². The van der Waals surface area contributed by atoms with Gasteiger partial charge in [0.1, 0.15) is 5.82 Å². The Bertz CT molecular complexity index is 762. The second kappa shape index (κ2) is 8.13. The van der Waals surface area contributed by atoms with Crippen molar-refractivity contribution in [2.75, 3.05) is 18.0 Å². The maximum absolute atomic E-state index is 12.9. The number of amides is 2. The molecule has 26 heavy (non-hydrogen) atoms. The summed E-state index contributed by atoms with van der Waals surface area (Å²) in [4.78, 5) is 25.7. The highest BCUT2D eigenvalue weighted by atomic mass is 19.1. The van der Waals surface area contributed by atoms with Gasteiger partial charge in [-0.1, -0.05) is 32.9 Å². The topological polar surface area (TPSA) is 49.4 Å². The standard InChI is InChI=1S/C21H25FN2O2/c1-15(25)24(19-11-7-17(8-12-19)21(2,3)4)14-13-23-20(26)16-5-9-18(22)10-6-16/h5-12H,13-14H2,1-4H3,(H,23,26). The largest absolute Gasteiger partial charge is 0.350 e. The van der Waals surface area contributed by atoms with Gasteiger partial charge in [-0.3, -0.25) is 9.59 Å². The van der Waals surface area contributed by atoms with Gasteiger partial charge in [-0.15, -0.1) is 0 Å².